The van der Waals surface area contributed by atoms with E-state index in [1.54, 1.807) is 23.7 Å². The van der Waals surface area contributed by atoms with E-state index in [0.717, 1.165) is 5.75 Å². The fourth-order valence-electron chi connectivity index (χ4n) is 0.637. The molecule has 64 valence electrons. The molecule has 1 atom stereocenters. The molecule has 1 unspecified atom stereocenters. The molecule has 0 aromatic heterocycles. The molecule has 0 radical (unpaired) electrons. The third-order valence-electron chi connectivity index (χ3n) is 1.25. The summed E-state index contributed by atoms with van der Waals surface area (Å²) < 4.78 is 2.17. The smallest absolute Gasteiger partial charge is 0.153 e. The lowest BCUT2D eigenvalue weighted by Gasteiger charge is -2.15. The Bertz CT molecular complexity index is 140. The minimum Gasteiger partial charge on any atom is -0.215 e. The molecule has 0 spiro atoms. The topological polar surface area (TPSA) is 15.6 Å². The molecule has 0 N–H and O–H groups in total. The van der Waals surface area contributed by atoms with Gasteiger partial charge in [-0.25, -0.2) is 4.41 Å². The molecule has 1 heterocycles. The van der Waals surface area contributed by atoms with Crippen molar-refractivity contribution < 1.29 is 0 Å². The summed E-state index contributed by atoms with van der Waals surface area (Å²) in [4.78, 5) is 0. The van der Waals surface area contributed by atoms with Crippen LogP contribution in [-0.2, 0) is 0 Å². The Morgan fingerprint density at radius 3 is 3.18 bits per heavy atom. The first-order chi connectivity index (χ1) is 5.34. The molecular weight excluding hydrogens is 196 g/mol. The van der Waals surface area contributed by atoms with E-state index in [0.29, 0.717) is 0 Å². The largest absolute Gasteiger partial charge is 0.215 e. The van der Waals surface area contributed by atoms with E-state index in [4.69, 9.17) is 0 Å². The Morgan fingerprint density at radius 1 is 1.82 bits per heavy atom. The van der Waals surface area contributed by atoms with E-state index in [2.05, 4.69) is 24.7 Å². The number of hydrazone groups is 1. The van der Waals surface area contributed by atoms with Crippen LogP contribution in [-0.4, -0.2) is 20.4 Å². The molecule has 0 aromatic carbocycles. The highest BCUT2D eigenvalue weighted by atomic mass is 32.2. The van der Waals surface area contributed by atoms with Crippen LogP contribution in [0.15, 0.2) is 5.10 Å². The zero-order chi connectivity index (χ0) is 8.10. The van der Waals surface area contributed by atoms with Crippen molar-refractivity contribution in [2.75, 3.05) is 5.75 Å². The van der Waals surface area contributed by atoms with Gasteiger partial charge in [0, 0.05) is 5.75 Å². The Morgan fingerprint density at radius 2 is 2.64 bits per heavy atom. The van der Waals surface area contributed by atoms with Crippen molar-refractivity contribution in [3.05, 3.63) is 0 Å². The zero-order valence-corrected chi connectivity index (χ0v) is 8.96. The van der Waals surface area contributed by atoms with Gasteiger partial charge in [0.25, 0.3) is 0 Å². The molecule has 1 aliphatic heterocycles. The van der Waals surface area contributed by atoms with Gasteiger partial charge >= 0.3 is 0 Å². The Labute approximate surface area is 81.7 Å². The summed E-state index contributed by atoms with van der Waals surface area (Å²) in [5.41, 5.74) is 1.84. The summed E-state index contributed by atoms with van der Waals surface area (Å²) in [6.07, 6.45) is 2.50. The molecule has 0 bridgehead atoms. The summed E-state index contributed by atoms with van der Waals surface area (Å²) in [7, 11) is 0. The van der Waals surface area contributed by atoms with Crippen LogP contribution in [0.1, 0.15) is 19.8 Å². The van der Waals surface area contributed by atoms with Gasteiger partial charge in [0.1, 0.15) is 0 Å². The van der Waals surface area contributed by atoms with Crippen LogP contribution in [0, 0.1) is 0 Å². The first kappa shape index (κ1) is 9.61. The lowest BCUT2D eigenvalue weighted by atomic mass is 10.4. The van der Waals surface area contributed by atoms with Gasteiger partial charge in [-0.05, 0) is 18.4 Å². The lowest BCUT2D eigenvalue weighted by molar-refractivity contribution is 0.580. The van der Waals surface area contributed by atoms with E-state index >= 15 is 0 Å². The average molecular weight is 208 g/mol. The first-order valence-corrected chi connectivity index (χ1v) is 6.03. The second kappa shape index (κ2) is 5.22. The van der Waals surface area contributed by atoms with E-state index in [9.17, 15) is 0 Å². The van der Waals surface area contributed by atoms with Gasteiger partial charge in [-0.2, -0.15) is 5.10 Å². The summed E-state index contributed by atoms with van der Waals surface area (Å²) >= 11 is 7.73. The van der Waals surface area contributed by atoms with Gasteiger partial charge in [-0.3, -0.25) is 0 Å². The fourth-order valence-corrected chi connectivity index (χ4v) is 2.72. The van der Waals surface area contributed by atoms with Gasteiger partial charge in [0.15, 0.2) is 4.71 Å². The van der Waals surface area contributed by atoms with Crippen LogP contribution in [0.2, 0.25) is 0 Å². The third kappa shape index (κ3) is 3.17. The standard InChI is InChI=1S/C6H12N2S3/c1-2-3-4-11-8-6(9)10-5-7-8/h5-6,9H,2-4H2,1H3. The maximum Gasteiger partial charge on any atom is 0.153 e. The fraction of sp³-hybridized carbons (Fsp3) is 0.833. The van der Waals surface area contributed by atoms with Crippen molar-refractivity contribution in [2.24, 2.45) is 5.10 Å². The monoisotopic (exact) mass is 208 g/mol. The molecule has 1 aliphatic rings. The van der Waals surface area contributed by atoms with Gasteiger partial charge in [0.05, 0.1) is 5.55 Å². The average Bonchev–Trinajstić information content (AvgIpc) is 2.37. The Balaban J connectivity index is 2.10. The molecule has 0 saturated heterocycles. The van der Waals surface area contributed by atoms with Gasteiger partial charge < -0.3 is 0 Å². The van der Waals surface area contributed by atoms with Crippen molar-refractivity contribution in [1.82, 2.24) is 4.41 Å². The SMILES string of the molecule is CCCCSN1N=CSC1S. The predicted molar refractivity (Wildman–Crippen MR) is 58.1 cm³/mol. The van der Waals surface area contributed by atoms with Crippen LogP contribution in [0.25, 0.3) is 0 Å². The van der Waals surface area contributed by atoms with Crippen molar-refractivity contribution in [3.8, 4) is 0 Å². The molecule has 0 amide bonds. The van der Waals surface area contributed by atoms with E-state index in [-0.39, 0.29) is 4.71 Å². The normalized spacial score (nSPS) is 23.1. The van der Waals surface area contributed by atoms with Crippen LogP contribution in [0.3, 0.4) is 0 Å². The molecule has 2 nitrogen and oxygen atoms in total. The second-order valence-corrected chi connectivity index (χ2v) is 4.98. The second-order valence-electron chi connectivity index (χ2n) is 2.17. The molecule has 0 aliphatic carbocycles. The molecule has 1 rings (SSSR count). The quantitative estimate of drug-likeness (QED) is 0.434. The van der Waals surface area contributed by atoms with Crippen molar-refractivity contribution in [3.63, 3.8) is 0 Å². The number of thiol groups is 1. The van der Waals surface area contributed by atoms with Gasteiger partial charge in [-0.15, -0.1) is 12.6 Å². The highest BCUT2D eigenvalue weighted by molar-refractivity contribution is 8.20. The summed E-state index contributed by atoms with van der Waals surface area (Å²) in [5.74, 6) is 1.14. The maximum atomic E-state index is 4.33. The molecule has 11 heavy (non-hydrogen) atoms. The van der Waals surface area contributed by atoms with Crippen molar-refractivity contribution >= 4 is 41.9 Å². The summed E-state index contributed by atoms with van der Waals surface area (Å²) in [6.45, 7) is 2.20. The lowest BCUT2D eigenvalue weighted by Crippen LogP contribution is -2.11. The Hall–Kier alpha value is 0.520. The van der Waals surface area contributed by atoms with Crippen LogP contribution in [0.4, 0.5) is 0 Å². The van der Waals surface area contributed by atoms with Crippen molar-refractivity contribution in [1.29, 1.82) is 0 Å². The Kier molecular flexibility index (Phi) is 4.56. The van der Waals surface area contributed by atoms with Gasteiger partial charge in [0.2, 0.25) is 0 Å². The number of unbranched alkanes of at least 4 members (excludes halogenated alkanes) is 1. The van der Waals surface area contributed by atoms with Crippen LogP contribution < -0.4 is 0 Å². The van der Waals surface area contributed by atoms with E-state index in [1.165, 1.54) is 12.8 Å². The first-order valence-electron chi connectivity index (χ1n) is 3.62. The molecule has 5 heteroatoms. The number of rotatable bonds is 4. The van der Waals surface area contributed by atoms with Crippen LogP contribution in [0.5, 0.6) is 0 Å². The minimum atomic E-state index is 0.219. The van der Waals surface area contributed by atoms with Crippen LogP contribution >= 0.6 is 36.3 Å². The van der Waals surface area contributed by atoms with Crippen molar-refractivity contribution in [2.45, 2.75) is 24.5 Å². The highest BCUT2D eigenvalue weighted by Crippen LogP contribution is 2.30. The zero-order valence-electron chi connectivity index (χ0n) is 6.43. The number of hydrogen-bond acceptors (Lipinski definition) is 5. The third-order valence-corrected chi connectivity index (χ3v) is 3.83. The molecular formula is C6H12N2S3. The maximum absolute atomic E-state index is 4.33. The number of hydrogen-bond donors (Lipinski definition) is 1. The molecule has 0 saturated carbocycles. The van der Waals surface area contributed by atoms with E-state index < -0.39 is 0 Å². The molecule has 0 fully saturated rings. The number of thioether (sulfide) groups is 1. The highest BCUT2D eigenvalue weighted by Gasteiger charge is 2.16. The van der Waals surface area contributed by atoms with E-state index in [1.807, 2.05) is 9.96 Å². The predicted octanol–water partition coefficient (Wildman–Crippen LogP) is 2.64. The minimum absolute atomic E-state index is 0.219. The van der Waals surface area contributed by atoms with Gasteiger partial charge in [-0.1, -0.05) is 25.1 Å². The number of nitrogens with zero attached hydrogens (tertiary/aromatic N) is 2. The molecule has 0 aromatic rings. The summed E-state index contributed by atoms with van der Waals surface area (Å²) in [5, 5.41) is 4.15. The summed E-state index contributed by atoms with van der Waals surface area (Å²) in [6, 6.07) is 0.